The second kappa shape index (κ2) is 2.60. The van der Waals surface area contributed by atoms with Crippen LogP contribution in [0.4, 0.5) is 5.82 Å². The zero-order valence-electron chi connectivity index (χ0n) is 6.16. The Bertz CT molecular complexity index is 428. The van der Waals surface area contributed by atoms with Gasteiger partial charge < -0.3 is 5.73 Å². The number of halogens is 1. The van der Waals surface area contributed by atoms with Gasteiger partial charge >= 0.3 is 0 Å². The molecule has 0 aliphatic rings. The summed E-state index contributed by atoms with van der Waals surface area (Å²) in [7, 11) is 0. The van der Waals surface area contributed by atoms with E-state index in [0.29, 0.717) is 16.5 Å². The molecule has 0 saturated carbocycles. The molecule has 60 valence electrons. The molecule has 0 radical (unpaired) electrons. The number of pyridine rings is 2. The minimum absolute atomic E-state index is 0.389. The average Bonchev–Trinajstić information content (AvgIpc) is 2.07. The van der Waals surface area contributed by atoms with Crippen LogP contribution in [-0.4, -0.2) is 9.97 Å². The van der Waals surface area contributed by atoms with Gasteiger partial charge in [0.2, 0.25) is 0 Å². The van der Waals surface area contributed by atoms with E-state index in [-0.39, 0.29) is 0 Å². The molecule has 3 nitrogen and oxygen atoms in total. The van der Waals surface area contributed by atoms with Gasteiger partial charge in [-0.3, -0.25) is 0 Å². The highest BCUT2D eigenvalue weighted by atomic mass is 35.5. The van der Waals surface area contributed by atoms with Crippen LogP contribution < -0.4 is 5.73 Å². The zero-order chi connectivity index (χ0) is 8.55. The molecule has 2 aromatic rings. The number of rotatable bonds is 0. The Hall–Kier alpha value is -1.35. The molecule has 0 spiro atoms. The van der Waals surface area contributed by atoms with E-state index in [4.69, 9.17) is 17.3 Å². The van der Waals surface area contributed by atoms with Gasteiger partial charge in [0.1, 0.15) is 11.3 Å². The maximum absolute atomic E-state index is 5.80. The van der Waals surface area contributed by atoms with Crippen LogP contribution in [0.1, 0.15) is 0 Å². The molecule has 0 amide bonds. The number of nitrogen functional groups attached to an aromatic ring is 1. The van der Waals surface area contributed by atoms with Gasteiger partial charge in [0, 0.05) is 11.6 Å². The van der Waals surface area contributed by atoms with Gasteiger partial charge in [0.05, 0.1) is 0 Å². The van der Waals surface area contributed by atoms with E-state index < -0.39 is 0 Å². The molecule has 12 heavy (non-hydrogen) atoms. The first kappa shape index (κ1) is 7.31. The molecule has 4 heteroatoms. The fraction of sp³-hybridized carbons (Fsp3) is 0. The van der Waals surface area contributed by atoms with E-state index in [1.165, 1.54) is 0 Å². The van der Waals surface area contributed by atoms with Crippen molar-refractivity contribution in [2.45, 2.75) is 0 Å². The third-order valence-electron chi connectivity index (χ3n) is 1.59. The largest absolute Gasteiger partial charge is 0.384 e. The first-order valence-corrected chi connectivity index (χ1v) is 3.82. The Morgan fingerprint density at radius 2 is 2.08 bits per heavy atom. The number of nitrogens with two attached hydrogens (primary N) is 1. The van der Waals surface area contributed by atoms with E-state index in [0.717, 1.165) is 5.39 Å². The van der Waals surface area contributed by atoms with Crippen LogP contribution in [0.25, 0.3) is 10.9 Å². The molecule has 0 atom stereocenters. The van der Waals surface area contributed by atoms with Crippen molar-refractivity contribution in [3.8, 4) is 0 Å². The molecule has 2 rings (SSSR count). The lowest BCUT2D eigenvalue weighted by atomic mass is 10.3. The summed E-state index contributed by atoms with van der Waals surface area (Å²) in [6, 6.07) is 5.44. The summed E-state index contributed by atoms with van der Waals surface area (Å²) >= 11 is 5.80. The predicted octanol–water partition coefficient (Wildman–Crippen LogP) is 1.87. The van der Waals surface area contributed by atoms with Gasteiger partial charge in [0.15, 0.2) is 5.15 Å². The highest BCUT2D eigenvalue weighted by Gasteiger charge is 2.00. The number of fused-ring (bicyclic) bond motifs is 1. The molecule has 0 aliphatic carbocycles. The predicted molar refractivity (Wildman–Crippen MR) is 49.0 cm³/mol. The summed E-state index contributed by atoms with van der Waals surface area (Å²) in [4.78, 5) is 7.95. The average molecular weight is 180 g/mol. The number of nitrogens with zero attached hydrogens (tertiary/aromatic N) is 2. The summed E-state index contributed by atoms with van der Waals surface area (Å²) in [6.07, 6.45) is 1.64. The Morgan fingerprint density at radius 1 is 1.25 bits per heavy atom. The SMILES string of the molecule is Nc1ccc2ccnc(Cl)c2n1. The molecule has 0 saturated heterocycles. The fourth-order valence-electron chi connectivity index (χ4n) is 1.03. The quantitative estimate of drug-likeness (QED) is 0.628. The van der Waals surface area contributed by atoms with Crippen LogP contribution in [0.2, 0.25) is 5.15 Å². The minimum atomic E-state index is 0.389. The van der Waals surface area contributed by atoms with Crippen LogP contribution in [0.15, 0.2) is 24.4 Å². The Morgan fingerprint density at radius 3 is 2.92 bits per heavy atom. The maximum Gasteiger partial charge on any atom is 0.155 e. The Kier molecular flexibility index (Phi) is 1.59. The molecular weight excluding hydrogens is 174 g/mol. The summed E-state index contributed by atoms with van der Waals surface area (Å²) in [6.45, 7) is 0. The Balaban J connectivity index is 2.88. The van der Waals surface area contributed by atoms with Crippen LogP contribution in [-0.2, 0) is 0 Å². The van der Waals surface area contributed by atoms with Crippen molar-refractivity contribution in [2.24, 2.45) is 0 Å². The summed E-state index contributed by atoms with van der Waals surface area (Å²) in [5, 5.41) is 1.34. The van der Waals surface area contributed by atoms with Crippen molar-refractivity contribution in [3.63, 3.8) is 0 Å². The summed E-state index contributed by atoms with van der Waals surface area (Å²) < 4.78 is 0. The molecule has 0 unspecified atom stereocenters. The second-order valence-corrected chi connectivity index (χ2v) is 2.77. The van der Waals surface area contributed by atoms with Crippen molar-refractivity contribution >= 4 is 28.3 Å². The first-order chi connectivity index (χ1) is 5.77. The van der Waals surface area contributed by atoms with Gasteiger partial charge in [-0.05, 0) is 18.2 Å². The zero-order valence-corrected chi connectivity index (χ0v) is 6.92. The van der Waals surface area contributed by atoms with Crippen LogP contribution in [0, 0.1) is 0 Å². The third-order valence-corrected chi connectivity index (χ3v) is 1.86. The van der Waals surface area contributed by atoms with E-state index in [9.17, 15) is 0 Å². The lowest BCUT2D eigenvalue weighted by Gasteiger charge is -1.98. The highest BCUT2D eigenvalue weighted by molar-refractivity contribution is 6.33. The highest BCUT2D eigenvalue weighted by Crippen LogP contribution is 2.19. The van der Waals surface area contributed by atoms with Gasteiger partial charge in [0.25, 0.3) is 0 Å². The first-order valence-electron chi connectivity index (χ1n) is 3.44. The molecule has 0 aliphatic heterocycles. The minimum Gasteiger partial charge on any atom is -0.384 e. The monoisotopic (exact) mass is 179 g/mol. The maximum atomic E-state index is 5.80. The molecule has 0 bridgehead atoms. The standard InChI is InChI=1S/C8H6ClN3/c9-8-7-5(3-4-11-8)1-2-6(10)12-7/h1-4H,(H2,10,12). The van der Waals surface area contributed by atoms with Gasteiger partial charge in [-0.2, -0.15) is 0 Å². The normalized spacial score (nSPS) is 10.4. The smallest absolute Gasteiger partial charge is 0.155 e. The van der Waals surface area contributed by atoms with Crippen LogP contribution in [0.3, 0.4) is 0 Å². The van der Waals surface area contributed by atoms with E-state index in [1.54, 1.807) is 12.3 Å². The molecular formula is C8H6ClN3. The third kappa shape index (κ3) is 1.08. The number of anilines is 1. The molecule has 2 heterocycles. The molecule has 2 aromatic heterocycles. The van der Waals surface area contributed by atoms with Crippen molar-refractivity contribution < 1.29 is 0 Å². The van der Waals surface area contributed by atoms with E-state index in [2.05, 4.69) is 9.97 Å². The van der Waals surface area contributed by atoms with E-state index >= 15 is 0 Å². The second-order valence-electron chi connectivity index (χ2n) is 2.41. The van der Waals surface area contributed by atoms with Gasteiger partial charge in [-0.15, -0.1) is 0 Å². The summed E-state index contributed by atoms with van der Waals surface area (Å²) in [5.74, 6) is 0.456. The molecule has 2 N–H and O–H groups in total. The fourth-order valence-corrected chi connectivity index (χ4v) is 1.24. The number of hydrogen-bond donors (Lipinski definition) is 1. The van der Waals surface area contributed by atoms with Crippen LogP contribution in [0.5, 0.6) is 0 Å². The number of aromatic nitrogens is 2. The van der Waals surface area contributed by atoms with E-state index in [1.807, 2.05) is 12.1 Å². The lowest BCUT2D eigenvalue weighted by Crippen LogP contribution is -1.90. The van der Waals surface area contributed by atoms with Crippen molar-refractivity contribution in [1.82, 2.24) is 9.97 Å². The topological polar surface area (TPSA) is 51.8 Å². The number of hydrogen-bond acceptors (Lipinski definition) is 3. The molecule has 0 aromatic carbocycles. The van der Waals surface area contributed by atoms with Crippen molar-refractivity contribution in [3.05, 3.63) is 29.5 Å². The summed E-state index contributed by atoms with van der Waals surface area (Å²) in [5.41, 5.74) is 6.15. The van der Waals surface area contributed by atoms with Crippen LogP contribution >= 0.6 is 11.6 Å². The van der Waals surface area contributed by atoms with Crippen molar-refractivity contribution in [1.29, 1.82) is 0 Å². The Labute approximate surface area is 74.2 Å². The van der Waals surface area contributed by atoms with Gasteiger partial charge in [-0.1, -0.05) is 11.6 Å². The van der Waals surface area contributed by atoms with Crippen molar-refractivity contribution in [2.75, 3.05) is 5.73 Å². The lowest BCUT2D eigenvalue weighted by molar-refractivity contribution is 1.31. The van der Waals surface area contributed by atoms with Gasteiger partial charge in [-0.25, -0.2) is 9.97 Å². The molecule has 0 fully saturated rings.